The molecule has 0 aromatic heterocycles. The molecule has 1 unspecified atom stereocenters. The predicted molar refractivity (Wildman–Crippen MR) is 31.9 cm³/mol. The molecule has 0 aromatic rings. The van der Waals surface area contributed by atoms with E-state index in [-0.39, 0.29) is 6.61 Å². The number of Topliss-reactive ketones (excluding diaryl/α,β-unsaturated/α-hetero) is 1. The molecule has 56 valence electrons. The molecule has 0 saturated carbocycles. The number of ketones is 1. The van der Waals surface area contributed by atoms with Crippen molar-refractivity contribution in [3.63, 3.8) is 0 Å². The van der Waals surface area contributed by atoms with Gasteiger partial charge in [-0.15, -0.1) is 0 Å². The van der Waals surface area contributed by atoms with E-state index in [4.69, 9.17) is 0 Å². The van der Waals surface area contributed by atoms with E-state index in [1.807, 2.05) is 0 Å². The van der Waals surface area contributed by atoms with Crippen molar-refractivity contribution in [2.45, 2.75) is 13.1 Å². The lowest BCUT2D eigenvalue weighted by Crippen LogP contribution is -2.25. The van der Waals surface area contributed by atoms with E-state index in [0.717, 1.165) is 0 Å². The lowest BCUT2D eigenvalue weighted by atomic mass is 10.3. The van der Waals surface area contributed by atoms with E-state index in [0.29, 0.717) is 0 Å². The second-order valence-corrected chi connectivity index (χ2v) is 1.58. The van der Waals surface area contributed by atoms with Crippen LogP contribution in [0.3, 0.4) is 0 Å². The molecule has 0 saturated heterocycles. The number of hydrogen-bond donors (Lipinski definition) is 0. The van der Waals surface area contributed by atoms with Gasteiger partial charge in [0.2, 0.25) is 0 Å². The first kappa shape index (κ1) is 8.94. The molecule has 0 aromatic carbocycles. The van der Waals surface area contributed by atoms with Crippen molar-refractivity contribution >= 4 is 11.8 Å². The molecule has 10 heavy (non-hydrogen) atoms. The lowest BCUT2D eigenvalue weighted by Gasteiger charge is -1.99. The summed E-state index contributed by atoms with van der Waals surface area (Å²) in [6.07, 6.45) is -2.22. The van der Waals surface area contributed by atoms with Crippen molar-refractivity contribution < 1.29 is 18.7 Å². The van der Waals surface area contributed by atoms with Crippen LogP contribution in [0.4, 0.5) is 4.39 Å². The third-order valence-electron chi connectivity index (χ3n) is 0.776. The minimum Gasteiger partial charge on any atom is -0.463 e. The van der Waals surface area contributed by atoms with Gasteiger partial charge >= 0.3 is 11.8 Å². The van der Waals surface area contributed by atoms with Gasteiger partial charge in [0.25, 0.3) is 6.17 Å². The lowest BCUT2D eigenvalue weighted by molar-refractivity contribution is -0.151. The van der Waals surface area contributed by atoms with Gasteiger partial charge in [-0.2, -0.15) is 0 Å². The number of esters is 1. The Morgan fingerprint density at radius 3 is 2.50 bits per heavy atom. The normalized spacial score (nSPS) is 12.2. The molecule has 1 atom stereocenters. The SMILES string of the molecule is [CH2+]C(=O)C(F)C(=O)OCC. The van der Waals surface area contributed by atoms with Crippen LogP contribution in [0, 0.1) is 6.92 Å². The molecular weight excluding hydrogens is 139 g/mol. The highest BCUT2D eigenvalue weighted by molar-refractivity contribution is 6.03. The monoisotopic (exact) mass is 147 g/mol. The summed E-state index contributed by atoms with van der Waals surface area (Å²) >= 11 is 0. The largest absolute Gasteiger partial charge is 0.463 e. The van der Waals surface area contributed by atoms with Crippen LogP contribution in [0.15, 0.2) is 0 Å². The topological polar surface area (TPSA) is 43.4 Å². The summed E-state index contributed by atoms with van der Waals surface area (Å²) in [6, 6.07) is 0. The average molecular weight is 147 g/mol. The van der Waals surface area contributed by atoms with Crippen LogP contribution in [-0.4, -0.2) is 24.5 Å². The molecule has 0 N–H and O–H groups in total. The quantitative estimate of drug-likeness (QED) is 0.327. The molecule has 0 aliphatic heterocycles. The van der Waals surface area contributed by atoms with Gasteiger partial charge in [0.1, 0.15) is 6.92 Å². The maximum Gasteiger partial charge on any atom is 0.353 e. The van der Waals surface area contributed by atoms with Crippen molar-refractivity contribution in [1.82, 2.24) is 0 Å². The molecule has 0 radical (unpaired) electrons. The average Bonchev–Trinajstić information content (AvgIpc) is 1.87. The molecule has 0 spiro atoms. The molecule has 0 heterocycles. The van der Waals surface area contributed by atoms with Crippen LogP contribution in [0.5, 0.6) is 0 Å². The molecular formula is C6H8FO3+. The number of carbonyl (C=O) groups is 2. The first-order valence-electron chi connectivity index (χ1n) is 2.76. The summed E-state index contributed by atoms with van der Waals surface area (Å²) in [5, 5.41) is 0. The van der Waals surface area contributed by atoms with Crippen LogP contribution in [-0.2, 0) is 14.3 Å². The van der Waals surface area contributed by atoms with Crippen LogP contribution in [0.1, 0.15) is 6.92 Å². The van der Waals surface area contributed by atoms with Gasteiger partial charge in [0, 0.05) is 0 Å². The first-order valence-corrected chi connectivity index (χ1v) is 2.76. The van der Waals surface area contributed by atoms with Crippen molar-refractivity contribution in [1.29, 1.82) is 0 Å². The minimum absolute atomic E-state index is 0.0620. The highest BCUT2D eigenvalue weighted by Crippen LogP contribution is 1.95. The van der Waals surface area contributed by atoms with Crippen molar-refractivity contribution in [2.24, 2.45) is 0 Å². The van der Waals surface area contributed by atoms with E-state index in [1.165, 1.54) is 6.92 Å². The molecule has 0 bridgehead atoms. The summed E-state index contributed by atoms with van der Waals surface area (Å²) in [5.41, 5.74) is 0. The Bertz CT molecular complexity index is 144. The third-order valence-corrected chi connectivity index (χ3v) is 0.776. The van der Waals surface area contributed by atoms with Crippen LogP contribution in [0.25, 0.3) is 0 Å². The Balaban J connectivity index is 3.82. The Hall–Kier alpha value is -1.06. The fourth-order valence-corrected chi connectivity index (χ4v) is 0.347. The molecule has 3 nitrogen and oxygen atoms in total. The van der Waals surface area contributed by atoms with Gasteiger partial charge < -0.3 is 4.74 Å². The minimum atomic E-state index is -2.22. The van der Waals surface area contributed by atoms with E-state index >= 15 is 0 Å². The van der Waals surface area contributed by atoms with Gasteiger partial charge in [-0.1, -0.05) is 0 Å². The van der Waals surface area contributed by atoms with Gasteiger partial charge in [-0.3, -0.25) is 0 Å². The number of hydrogen-bond acceptors (Lipinski definition) is 3. The summed E-state index contributed by atoms with van der Waals surface area (Å²) in [6.45, 7) is 4.31. The molecule has 0 rings (SSSR count). The van der Waals surface area contributed by atoms with Crippen LogP contribution in [0.2, 0.25) is 0 Å². The van der Waals surface area contributed by atoms with E-state index < -0.39 is 17.9 Å². The zero-order chi connectivity index (χ0) is 8.15. The number of alkyl halides is 1. The Labute approximate surface area is 58.2 Å². The van der Waals surface area contributed by atoms with Crippen molar-refractivity contribution in [3.05, 3.63) is 6.92 Å². The van der Waals surface area contributed by atoms with E-state index in [2.05, 4.69) is 11.7 Å². The first-order chi connectivity index (χ1) is 4.59. The van der Waals surface area contributed by atoms with Crippen LogP contribution >= 0.6 is 0 Å². The number of halogens is 1. The second-order valence-electron chi connectivity index (χ2n) is 1.58. The summed E-state index contributed by atoms with van der Waals surface area (Å²) in [5.74, 6) is -2.24. The van der Waals surface area contributed by atoms with Crippen LogP contribution < -0.4 is 0 Å². The zero-order valence-electron chi connectivity index (χ0n) is 5.59. The maximum absolute atomic E-state index is 12.2. The molecule has 0 amide bonds. The predicted octanol–water partition coefficient (Wildman–Crippen LogP) is 0.291. The number of carbonyl (C=O) groups excluding carboxylic acids is 2. The summed E-state index contributed by atoms with van der Waals surface area (Å²) in [4.78, 5) is 20.4. The second kappa shape index (κ2) is 3.87. The van der Waals surface area contributed by atoms with Crippen molar-refractivity contribution in [2.75, 3.05) is 6.61 Å². The molecule has 0 fully saturated rings. The number of rotatable bonds is 3. The third kappa shape index (κ3) is 2.48. The summed E-state index contributed by atoms with van der Waals surface area (Å²) in [7, 11) is 0. The van der Waals surface area contributed by atoms with E-state index in [1.54, 1.807) is 0 Å². The van der Waals surface area contributed by atoms with Gasteiger partial charge in [-0.05, 0) is 6.92 Å². The molecule has 4 heteroatoms. The zero-order valence-corrected chi connectivity index (χ0v) is 5.59. The fourth-order valence-electron chi connectivity index (χ4n) is 0.347. The maximum atomic E-state index is 12.2. The fraction of sp³-hybridized carbons (Fsp3) is 0.500. The number of ether oxygens (including phenoxy) is 1. The van der Waals surface area contributed by atoms with Gasteiger partial charge in [0.05, 0.1) is 6.61 Å². The van der Waals surface area contributed by atoms with Crippen molar-refractivity contribution in [3.8, 4) is 0 Å². The standard InChI is InChI=1S/C6H8FO3/c1-3-10-6(9)5(7)4(2)8/h5H,2-3H2,1H3/q+1. The Kier molecular flexibility index (Phi) is 3.46. The smallest absolute Gasteiger partial charge is 0.353 e. The summed E-state index contributed by atoms with van der Waals surface area (Å²) < 4.78 is 16.4. The highest BCUT2D eigenvalue weighted by Gasteiger charge is 2.28. The molecule has 0 aliphatic rings. The van der Waals surface area contributed by atoms with Gasteiger partial charge in [0.15, 0.2) is 0 Å². The molecule has 0 aliphatic carbocycles. The van der Waals surface area contributed by atoms with E-state index in [9.17, 15) is 14.0 Å². The Morgan fingerprint density at radius 1 is 1.70 bits per heavy atom. The van der Waals surface area contributed by atoms with Gasteiger partial charge in [-0.25, -0.2) is 14.0 Å². The Morgan fingerprint density at radius 2 is 2.20 bits per heavy atom. The highest BCUT2D eigenvalue weighted by atomic mass is 19.1.